The molecule has 1 saturated heterocycles. The predicted molar refractivity (Wildman–Crippen MR) is 81.9 cm³/mol. The topological polar surface area (TPSA) is 80.5 Å². The molecule has 1 amide bonds. The zero-order chi connectivity index (χ0) is 15.2. The molecule has 2 rings (SSSR count). The number of aromatic nitrogens is 1. The molecule has 21 heavy (non-hydrogen) atoms. The summed E-state index contributed by atoms with van der Waals surface area (Å²) in [5.41, 5.74) is 6.70. The molecule has 0 aliphatic carbocycles. The fourth-order valence-electron chi connectivity index (χ4n) is 2.09. The van der Waals surface area contributed by atoms with Crippen molar-refractivity contribution in [3.05, 3.63) is 23.9 Å². The molecule has 0 radical (unpaired) electrons. The van der Waals surface area contributed by atoms with Crippen LogP contribution in [-0.2, 0) is 16.1 Å². The molecule has 0 aromatic carbocycles. The van der Waals surface area contributed by atoms with Crippen molar-refractivity contribution in [1.82, 2.24) is 10.3 Å². The Hall–Kier alpha value is -1.66. The maximum atomic E-state index is 11.8. The Morgan fingerprint density at radius 2 is 2.14 bits per heavy atom. The van der Waals surface area contributed by atoms with Gasteiger partial charge in [-0.2, -0.15) is 0 Å². The molecule has 2 atom stereocenters. The molecule has 1 aliphatic rings. The van der Waals surface area contributed by atoms with Crippen molar-refractivity contribution in [2.24, 2.45) is 11.7 Å². The molecule has 1 aromatic heterocycles. The van der Waals surface area contributed by atoms with E-state index in [2.05, 4.69) is 15.2 Å². The van der Waals surface area contributed by atoms with E-state index < -0.39 is 0 Å². The standard InChI is InChI=1S/C15H24N4O2/c1-11(12(2)16)15(20)18-10-13-3-4-14(17-9-13)19-5-7-21-8-6-19/h3-4,9,11-12H,5-8,10,16H2,1-2H3,(H,18,20). The van der Waals surface area contributed by atoms with Gasteiger partial charge in [0.2, 0.25) is 5.91 Å². The van der Waals surface area contributed by atoms with Crippen LogP contribution in [0.5, 0.6) is 0 Å². The normalized spacial score (nSPS) is 18.1. The second-order valence-corrected chi connectivity index (χ2v) is 5.49. The van der Waals surface area contributed by atoms with Crippen molar-refractivity contribution in [3.8, 4) is 0 Å². The van der Waals surface area contributed by atoms with E-state index in [1.54, 1.807) is 0 Å². The van der Waals surface area contributed by atoms with Crippen LogP contribution in [0.15, 0.2) is 18.3 Å². The van der Waals surface area contributed by atoms with Crippen molar-refractivity contribution in [1.29, 1.82) is 0 Å². The van der Waals surface area contributed by atoms with Gasteiger partial charge in [0.25, 0.3) is 0 Å². The number of hydrogen-bond acceptors (Lipinski definition) is 5. The predicted octanol–water partition coefficient (Wildman–Crippen LogP) is 0.518. The number of nitrogens with two attached hydrogens (primary N) is 1. The van der Waals surface area contributed by atoms with E-state index in [1.165, 1.54) is 0 Å². The van der Waals surface area contributed by atoms with Crippen LogP contribution in [0.25, 0.3) is 0 Å². The number of amides is 1. The molecule has 6 nitrogen and oxygen atoms in total. The van der Waals surface area contributed by atoms with Crippen LogP contribution >= 0.6 is 0 Å². The van der Waals surface area contributed by atoms with Crippen molar-refractivity contribution < 1.29 is 9.53 Å². The average Bonchev–Trinajstić information content (AvgIpc) is 2.53. The first-order valence-corrected chi connectivity index (χ1v) is 7.39. The summed E-state index contributed by atoms with van der Waals surface area (Å²) in [4.78, 5) is 18.5. The molecular formula is C15H24N4O2. The molecule has 3 N–H and O–H groups in total. The summed E-state index contributed by atoms with van der Waals surface area (Å²) in [6.07, 6.45) is 1.81. The monoisotopic (exact) mass is 292 g/mol. The lowest BCUT2D eigenvalue weighted by Crippen LogP contribution is -2.38. The summed E-state index contributed by atoms with van der Waals surface area (Å²) >= 11 is 0. The Labute approximate surface area is 125 Å². The van der Waals surface area contributed by atoms with Gasteiger partial charge in [0.05, 0.1) is 13.2 Å². The summed E-state index contributed by atoms with van der Waals surface area (Å²) in [7, 11) is 0. The molecule has 6 heteroatoms. The summed E-state index contributed by atoms with van der Waals surface area (Å²) in [6, 6.07) is 3.84. The Bertz CT molecular complexity index is 455. The van der Waals surface area contributed by atoms with Crippen LogP contribution < -0.4 is 16.0 Å². The number of ether oxygens (including phenoxy) is 1. The van der Waals surface area contributed by atoms with Crippen molar-refractivity contribution in [2.75, 3.05) is 31.2 Å². The third-order valence-electron chi connectivity index (χ3n) is 3.81. The third-order valence-corrected chi connectivity index (χ3v) is 3.81. The first kappa shape index (κ1) is 15.7. The minimum Gasteiger partial charge on any atom is -0.378 e. The number of nitrogens with one attached hydrogen (secondary N) is 1. The number of hydrogen-bond donors (Lipinski definition) is 2. The Morgan fingerprint density at radius 3 is 2.71 bits per heavy atom. The maximum Gasteiger partial charge on any atom is 0.224 e. The minimum absolute atomic E-state index is 0.0257. The van der Waals surface area contributed by atoms with Gasteiger partial charge in [0, 0.05) is 37.8 Å². The molecule has 0 spiro atoms. The molecule has 0 bridgehead atoms. The molecule has 2 heterocycles. The van der Waals surface area contributed by atoms with Gasteiger partial charge in [0.15, 0.2) is 0 Å². The van der Waals surface area contributed by atoms with Crippen LogP contribution in [0.2, 0.25) is 0 Å². The maximum absolute atomic E-state index is 11.8. The molecule has 1 aromatic rings. The molecular weight excluding hydrogens is 268 g/mol. The highest BCUT2D eigenvalue weighted by Crippen LogP contribution is 2.13. The van der Waals surface area contributed by atoms with Gasteiger partial charge in [-0.1, -0.05) is 13.0 Å². The fourth-order valence-corrected chi connectivity index (χ4v) is 2.09. The largest absolute Gasteiger partial charge is 0.378 e. The van der Waals surface area contributed by atoms with Crippen molar-refractivity contribution >= 4 is 11.7 Å². The molecule has 1 fully saturated rings. The zero-order valence-electron chi connectivity index (χ0n) is 12.7. The Balaban J connectivity index is 1.86. The Morgan fingerprint density at radius 1 is 1.43 bits per heavy atom. The van der Waals surface area contributed by atoms with Crippen molar-refractivity contribution in [2.45, 2.75) is 26.4 Å². The highest BCUT2D eigenvalue weighted by atomic mass is 16.5. The number of morpholine rings is 1. The number of nitrogens with zero attached hydrogens (tertiary/aromatic N) is 2. The number of carbonyl (C=O) groups excluding carboxylic acids is 1. The minimum atomic E-state index is -0.189. The van der Waals surface area contributed by atoms with Gasteiger partial charge >= 0.3 is 0 Å². The highest BCUT2D eigenvalue weighted by Gasteiger charge is 2.16. The van der Waals surface area contributed by atoms with E-state index in [0.717, 1.165) is 37.7 Å². The zero-order valence-corrected chi connectivity index (χ0v) is 12.7. The van der Waals surface area contributed by atoms with Gasteiger partial charge in [0.1, 0.15) is 5.82 Å². The average molecular weight is 292 g/mol. The van der Waals surface area contributed by atoms with Crippen LogP contribution in [0.1, 0.15) is 19.4 Å². The molecule has 1 aliphatic heterocycles. The third kappa shape index (κ3) is 4.41. The van der Waals surface area contributed by atoms with Crippen LogP contribution in [0.4, 0.5) is 5.82 Å². The molecule has 0 saturated carbocycles. The van der Waals surface area contributed by atoms with E-state index in [0.29, 0.717) is 6.54 Å². The van der Waals surface area contributed by atoms with E-state index >= 15 is 0 Å². The highest BCUT2D eigenvalue weighted by molar-refractivity contribution is 5.78. The first-order chi connectivity index (χ1) is 10.1. The first-order valence-electron chi connectivity index (χ1n) is 7.39. The number of rotatable bonds is 5. The number of anilines is 1. The quantitative estimate of drug-likeness (QED) is 0.827. The fraction of sp³-hybridized carbons (Fsp3) is 0.600. The smallest absolute Gasteiger partial charge is 0.224 e. The lowest BCUT2D eigenvalue weighted by molar-refractivity contribution is -0.125. The van der Waals surface area contributed by atoms with E-state index in [1.807, 2.05) is 32.2 Å². The molecule has 2 unspecified atom stereocenters. The number of pyridine rings is 1. The van der Waals surface area contributed by atoms with E-state index in [9.17, 15) is 4.79 Å². The van der Waals surface area contributed by atoms with Crippen LogP contribution in [0.3, 0.4) is 0 Å². The van der Waals surface area contributed by atoms with Crippen LogP contribution in [0, 0.1) is 5.92 Å². The lowest BCUT2D eigenvalue weighted by atomic mass is 10.0. The second kappa shape index (κ2) is 7.38. The second-order valence-electron chi connectivity index (χ2n) is 5.49. The van der Waals surface area contributed by atoms with E-state index in [4.69, 9.17) is 10.5 Å². The molecule has 116 valence electrons. The van der Waals surface area contributed by atoms with Crippen LogP contribution in [-0.4, -0.2) is 43.2 Å². The SMILES string of the molecule is CC(N)C(C)C(=O)NCc1ccc(N2CCOCC2)nc1. The lowest BCUT2D eigenvalue weighted by Gasteiger charge is -2.27. The van der Waals surface area contributed by atoms with Crippen molar-refractivity contribution in [3.63, 3.8) is 0 Å². The van der Waals surface area contributed by atoms with Gasteiger partial charge in [-0.05, 0) is 18.6 Å². The number of carbonyl (C=O) groups is 1. The van der Waals surface area contributed by atoms with Gasteiger partial charge in [-0.25, -0.2) is 4.98 Å². The van der Waals surface area contributed by atoms with Gasteiger partial charge in [-0.3, -0.25) is 4.79 Å². The Kier molecular flexibility index (Phi) is 5.52. The summed E-state index contributed by atoms with van der Waals surface area (Å²) in [5, 5.41) is 2.89. The van der Waals surface area contributed by atoms with Gasteiger partial charge < -0.3 is 20.7 Å². The van der Waals surface area contributed by atoms with Gasteiger partial charge in [-0.15, -0.1) is 0 Å². The summed E-state index contributed by atoms with van der Waals surface area (Å²) < 4.78 is 5.32. The van der Waals surface area contributed by atoms with E-state index in [-0.39, 0.29) is 17.9 Å². The summed E-state index contributed by atoms with van der Waals surface area (Å²) in [5.74, 6) is 0.741. The summed E-state index contributed by atoms with van der Waals surface area (Å²) in [6.45, 7) is 7.38.